The number of hydrogen-bond donors (Lipinski definition) is 0. The fourth-order valence-electron chi connectivity index (χ4n) is 0.956. The summed E-state index contributed by atoms with van der Waals surface area (Å²) in [5, 5.41) is 7.15. The van der Waals surface area contributed by atoms with Crippen molar-refractivity contribution in [3.8, 4) is 6.07 Å². The third-order valence-electron chi connectivity index (χ3n) is 1.98. The SMILES string of the molecule is N#CC(CCC(F)(F)C(F)(F)F)SCCC(F)(F)F. The Bertz CT molecular complexity index is 316. The van der Waals surface area contributed by atoms with Gasteiger partial charge < -0.3 is 0 Å². The van der Waals surface area contributed by atoms with E-state index in [1.165, 1.54) is 6.07 Å². The van der Waals surface area contributed by atoms with Crippen LogP contribution in [0.5, 0.6) is 0 Å². The van der Waals surface area contributed by atoms with Crippen LogP contribution in [0.4, 0.5) is 35.1 Å². The van der Waals surface area contributed by atoms with Crippen LogP contribution in [0.1, 0.15) is 19.3 Å². The van der Waals surface area contributed by atoms with Crippen molar-refractivity contribution in [2.24, 2.45) is 0 Å². The molecule has 0 aromatic carbocycles. The molecule has 0 aliphatic rings. The highest BCUT2D eigenvalue weighted by Crippen LogP contribution is 2.40. The van der Waals surface area contributed by atoms with Crippen LogP contribution in [0.2, 0.25) is 0 Å². The second-order valence-electron chi connectivity index (χ2n) is 3.59. The van der Waals surface area contributed by atoms with Gasteiger partial charge in [0.15, 0.2) is 0 Å². The van der Waals surface area contributed by atoms with Crippen molar-refractivity contribution in [3.05, 3.63) is 0 Å². The van der Waals surface area contributed by atoms with E-state index in [2.05, 4.69) is 0 Å². The van der Waals surface area contributed by atoms with E-state index < -0.39 is 48.5 Å². The lowest BCUT2D eigenvalue weighted by molar-refractivity contribution is -0.284. The Morgan fingerprint density at radius 1 is 0.947 bits per heavy atom. The summed E-state index contributed by atoms with van der Waals surface area (Å²) < 4.78 is 95.8. The van der Waals surface area contributed by atoms with Crippen LogP contribution >= 0.6 is 11.8 Å². The minimum absolute atomic E-state index is 0.418. The standard InChI is InChI=1S/C9H9F8NS/c10-7(11,9(15,16)17)2-1-6(5-18)19-4-3-8(12,13)14/h6H,1-4H2. The Morgan fingerprint density at radius 3 is 1.84 bits per heavy atom. The van der Waals surface area contributed by atoms with Crippen LogP contribution in [0, 0.1) is 11.3 Å². The van der Waals surface area contributed by atoms with Gasteiger partial charge in [-0.1, -0.05) is 0 Å². The van der Waals surface area contributed by atoms with Gasteiger partial charge in [0, 0.05) is 12.2 Å². The summed E-state index contributed by atoms with van der Waals surface area (Å²) >= 11 is 0.418. The quantitative estimate of drug-likeness (QED) is 0.672. The second kappa shape index (κ2) is 6.63. The fourth-order valence-corrected chi connectivity index (χ4v) is 1.95. The van der Waals surface area contributed by atoms with Crippen molar-refractivity contribution >= 4 is 11.8 Å². The Balaban J connectivity index is 4.19. The molecule has 0 aromatic heterocycles. The number of nitrogens with zero attached hydrogens (tertiary/aromatic N) is 1. The first-order valence-corrected chi connectivity index (χ1v) is 5.96. The number of rotatable bonds is 6. The number of hydrogen-bond acceptors (Lipinski definition) is 2. The first kappa shape index (κ1) is 18.3. The maximum absolute atomic E-state index is 12.5. The van der Waals surface area contributed by atoms with E-state index >= 15 is 0 Å². The van der Waals surface area contributed by atoms with Gasteiger partial charge in [0.25, 0.3) is 0 Å². The summed E-state index contributed by atoms with van der Waals surface area (Å²) in [5.41, 5.74) is 0. The average Bonchev–Trinajstić information content (AvgIpc) is 2.19. The molecule has 0 aromatic rings. The molecule has 0 heterocycles. The smallest absolute Gasteiger partial charge is 0.197 e. The maximum atomic E-state index is 12.5. The summed E-state index contributed by atoms with van der Waals surface area (Å²) in [7, 11) is 0. The van der Waals surface area contributed by atoms with Gasteiger partial charge in [-0.25, -0.2) is 0 Å². The molecule has 0 aliphatic carbocycles. The van der Waals surface area contributed by atoms with Gasteiger partial charge >= 0.3 is 18.3 Å². The number of alkyl halides is 8. The number of nitriles is 1. The van der Waals surface area contributed by atoms with Crippen LogP contribution in [0.15, 0.2) is 0 Å². The molecule has 0 spiro atoms. The van der Waals surface area contributed by atoms with Crippen molar-refractivity contribution in [1.82, 2.24) is 0 Å². The Kier molecular flexibility index (Phi) is 6.38. The van der Waals surface area contributed by atoms with E-state index in [9.17, 15) is 35.1 Å². The van der Waals surface area contributed by atoms with Crippen molar-refractivity contribution < 1.29 is 35.1 Å². The molecule has 1 nitrogen and oxygen atoms in total. The zero-order chi connectivity index (χ0) is 15.3. The molecule has 19 heavy (non-hydrogen) atoms. The molecule has 0 saturated carbocycles. The molecule has 0 saturated heterocycles. The molecule has 0 rings (SSSR count). The zero-order valence-electron chi connectivity index (χ0n) is 9.28. The van der Waals surface area contributed by atoms with Crippen molar-refractivity contribution in [3.63, 3.8) is 0 Å². The predicted octanol–water partition coefficient (Wildman–Crippen LogP) is 4.54. The first-order valence-electron chi connectivity index (χ1n) is 4.91. The minimum Gasteiger partial charge on any atom is -0.197 e. The lowest BCUT2D eigenvalue weighted by Crippen LogP contribution is -2.36. The summed E-state index contributed by atoms with van der Waals surface area (Å²) in [6.07, 6.45) is -13.8. The van der Waals surface area contributed by atoms with Crippen LogP contribution in [-0.2, 0) is 0 Å². The topological polar surface area (TPSA) is 23.8 Å². The molecule has 112 valence electrons. The maximum Gasteiger partial charge on any atom is 0.453 e. The Hall–Kier alpha value is -0.720. The van der Waals surface area contributed by atoms with Gasteiger partial charge in [0.2, 0.25) is 0 Å². The molecule has 0 amide bonds. The molecule has 0 fully saturated rings. The zero-order valence-corrected chi connectivity index (χ0v) is 10.1. The molecule has 0 N–H and O–H groups in total. The largest absolute Gasteiger partial charge is 0.453 e. The Morgan fingerprint density at radius 2 is 1.47 bits per heavy atom. The molecule has 0 bridgehead atoms. The summed E-state index contributed by atoms with van der Waals surface area (Å²) in [5.74, 6) is -5.49. The summed E-state index contributed by atoms with van der Waals surface area (Å²) in [4.78, 5) is 0. The molecular weight excluding hydrogens is 306 g/mol. The molecule has 10 heteroatoms. The monoisotopic (exact) mass is 315 g/mol. The van der Waals surface area contributed by atoms with Crippen LogP contribution in [0.25, 0.3) is 0 Å². The molecule has 0 radical (unpaired) electrons. The molecule has 0 aliphatic heterocycles. The van der Waals surface area contributed by atoms with E-state index in [4.69, 9.17) is 5.26 Å². The van der Waals surface area contributed by atoms with Gasteiger partial charge in [-0.05, 0) is 6.42 Å². The van der Waals surface area contributed by atoms with Crippen molar-refractivity contribution in [1.29, 1.82) is 5.26 Å². The molecule has 1 atom stereocenters. The molecule has 1 unspecified atom stereocenters. The summed E-state index contributed by atoms with van der Waals surface area (Å²) in [6.45, 7) is 0. The fraction of sp³-hybridized carbons (Fsp3) is 0.889. The van der Waals surface area contributed by atoms with Gasteiger partial charge in [0.05, 0.1) is 17.7 Å². The third kappa shape index (κ3) is 7.44. The number of halogens is 8. The summed E-state index contributed by atoms with van der Waals surface area (Å²) in [6, 6.07) is 1.41. The Labute approximate surface area is 107 Å². The van der Waals surface area contributed by atoms with Crippen LogP contribution < -0.4 is 0 Å². The third-order valence-corrected chi connectivity index (χ3v) is 3.17. The van der Waals surface area contributed by atoms with E-state index in [1.54, 1.807) is 0 Å². The van der Waals surface area contributed by atoms with Gasteiger partial charge in [-0.3, -0.25) is 0 Å². The van der Waals surface area contributed by atoms with Crippen LogP contribution in [0.3, 0.4) is 0 Å². The highest BCUT2D eigenvalue weighted by molar-refractivity contribution is 8.00. The lowest BCUT2D eigenvalue weighted by Gasteiger charge is -2.20. The predicted molar refractivity (Wildman–Crippen MR) is 52.8 cm³/mol. The second-order valence-corrected chi connectivity index (χ2v) is 4.91. The van der Waals surface area contributed by atoms with E-state index in [-0.39, 0.29) is 0 Å². The first-order chi connectivity index (χ1) is 8.39. The number of thioether (sulfide) groups is 1. The minimum atomic E-state index is -5.72. The van der Waals surface area contributed by atoms with Crippen molar-refractivity contribution in [2.45, 2.75) is 42.8 Å². The van der Waals surface area contributed by atoms with Gasteiger partial charge in [-0.2, -0.15) is 40.4 Å². The van der Waals surface area contributed by atoms with Gasteiger partial charge in [0.1, 0.15) is 0 Å². The van der Waals surface area contributed by atoms with E-state index in [1.807, 2.05) is 0 Å². The lowest BCUT2D eigenvalue weighted by atomic mass is 10.1. The molecular formula is C9H9F8NS. The van der Waals surface area contributed by atoms with Crippen molar-refractivity contribution in [2.75, 3.05) is 5.75 Å². The van der Waals surface area contributed by atoms with E-state index in [0.717, 1.165) is 0 Å². The normalized spacial score (nSPS) is 15.1. The van der Waals surface area contributed by atoms with Gasteiger partial charge in [-0.15, -0.1) is 11.8 Å². The van der Waals surface area contributed by atoms with E-state index in [0.29, 0.717) is 11.8 Å². The highest BCUT2D eigenvalue weighted by atomic mass is 32.2. The average molecular weight is 315 g/mol. The van der Waals surface area contributed by atoms with Crippen LogP contribution in [-0.4, -0.2) is 29.3 Å². The highest BCUT2D eigenvalue weighted by Gasteiger charge is 2.56.